The third kappa shape index (κ3) is 1.15. The Morgan fingerprint density at radius 1 is 1.57 bits per heavy atom. The van der Waals surface area contributed by atoms with Crippen LogP contribution in [0.4, 0.5) is 0 Å². The van der Waals surface area contributed by atoms with E-state index >= 15 is 0 Å². The highest BCUT2D eigenvalue weighted by Gasteiger charge is 2.04. The fourth-order valence-corrected chi connectivity index (χ4v) is 1.31. The summed E-state index contributed by atoms with van der Waals surface area (Å²) in [6.45, 7) is 1.80. The first-order valence-electron chi connectivity index (χ1n) is 4.10. The van der Waals surface area contributed by atoms with Crippen molar-refractivity contribution < 1.29 is 0 Å². The van der Waals surface area contributed by atoms with E-state index in [-0.39, 0.29) is 11.0 Å². The van der Waals surface area contributed by atoms with Crippen LogP contribution >= 0.6 is 0 Å². The summed E-state index contributed by atoms with van der Waals surface area (Å²) in [5, 5.41) is 9.17. The summed E-state index contributed by atoms with van der Waals surface area (Å²) >= 11 is 0. The minimum Gasteiger partial charge on any atom is -0.358 e. The molecule has 68 valence electrons. The van der Waals surface area contributed by atoms with Crippen LogP contribution in [0.15, 0.2) is 23.3 Å². The van der Waals surface area contributed by atoms with Crippen LogP contribution in [-0.4, -0.2) is 9.97 Å². The number of nitrogens with zero attached hydrogens (tertiary/aromatic N) is 2. The van der Waals surface area contributed by atoms with E-state index in [0.717, 1.165) is 5.69 Å². The Labute approximate surface area is 79.8 Å². The van der Waals surface area contributed by atoms with Gasteiger partial charge in [0.1, 0.15) is 11.6 Å². The van der Waals surface area contributed by atoms with Gasteiger partial charge in [-0.25, -0.2) is 0 Å². The van der Waals surface area contributed by atoms with Crippen LogP contribution in [0, 0.1) is 18.3 Å². The maximum Gasteiger partial charge on any atom is 0.207 e. The van der Waals surface area contributed by atoms with Crippen LogP contribution in [0.3, 0.4) is 0 Å². The normalized spacial score (nSPS) is 10.0. The van der Waals surface area contributed by atoms with Crippen LogP contribution in [0.5, 0.6) is 0 Å². The van der Waals surface area contributed by atoms with Crippen LogP contribution in [-0.2, 0) is 0 Å². The average molecular weight is 185 g/mol. The number of aryl methyl sites for hydroxylation is 1. The van der Waals surface area contributed by atoms with Crippen molar-refractivity contribution in [1.29, 1.82) is 5.26 Å². The lowest BCUT2D eigenvalue weighted by Gasteiger charge is -1.98. The number of pyridine rings is 2. The van der Waals surface area contributed by atoms with Gasteiger partial charge in [0.2, 0.25) is 5.43 Å². The zero-order chi connectivity index (χ0) is 10.1. The van der Waals surface area contributed by atoms with Gasteiger partial charge in [0.05, 0.1) is 17.1 Å². The molecule has 4 heteroatoms. The third-order valence-electron chi connectivity index (χ3n) is 2.02. The predicted octanol–water partition coefficient (Wildman–Crippen LogP) is 1.10. The Balaban J connectivity index is 2.96. The van der Waals surface area contributed by atoms with Crippen molar-refractivity contribution in [1.82, 2.24) is 9.97 Å². The second kappa shape index (κ2) is 2.96. The molecule has 0 unspecified atom stereocenters. The quantitative estimate of drug-likeness (QED) is 0.668. The number of H-pyrrole nitrogens is 1. The van der Waals surface area contributed by atoms with Crippen molar-refractivity contribution in [2.24, 2.45) is 0 Å². The summed E-state index contributed by atoms with van der Waals surface area (Å²) in [7, 11) is 0. The van der Waals surface area contributed by atoms with Crippen LogP contribution < -0.4 is 5.43 Å². The van der Waals surface area contributed by atoms with E-state index in [2.05, 4.69) is 9.97 Å². The molecule has 0 bridgehead atoms. The molecular formula is C10H7N3O. The molecule has 0 amide bonds. The first-order chi connectivity index (χ1) is 6.72. The molecule has 0 aliphatic rings. The number of nitrogens with one attached hydrogen (secondary N) is 1. The smallest absolute Gasteiger partial charge is 0.207 e. The molecule has 0 aromatic carbocycles. The molecule has 0 atom stereocenters. The second-order valence-corrected chi connectivity index (χ2v) is 3.01. The highest BCUT2D eigenvalue weighted by atomic mass is 16.1. The van der Waals surface area contributed by atoms with Gasteiger partial charge in [0, 0.05) is 11.9 Å². The standard InChI is InChI=1S/C10H7N3O/c1-6-2-8-9(5-12-6)13-4-7(3-11)10(8)14/h2,4-5H,1H3,(H,13,14). The fourth-order valence-electron chi connectivity index (χ4n) is 1.31. The summed E-state index contributed by atoms with van der Waals surface area (Å²) in [6, 6.07) is 3.52. The molecule has 0 spiro atoms. The van der Waals surface area contributed by atoms with Crippen molar-refractivity contribution in [3.63, 3.8) is 0 Å². The van der Waals surface area contributed by atoms with E-state index in [9.17, 15) is 4.79 Å². The van der Waals surface area contributed by atoms with E-state index in [0.29, 0.717) is 10.9 Å². The molecule has 0 saturated heterocycles. The molecule has 0 saturated carbocycles. The lowest BCUT2D eigenvalue weighted by molar-refractivity contribution is 1.20. The Morgan fingerprint density at radius 3 is 3.07 bits per heavy atom. The maximum atomic E-state index is 11.6. The number of fused-ring (bicyclic) bond motifs is 1. The van der Waals surface area contributed by atoms with E-state index < -0.39 is 0 Å². The molecular weight excluding hydrogens is 178 g/mol. The average Bonchev–Trinajstić information content (AvgIpc) is 2.20. The Kier molecular flexibility index (Phi) is 1.79. The number of nitriles is 1. The zero-order valence-electron chi connectivity index (χ0n) is 7.53. The first-order valence-corrected chi connectivity index (χ1v) is 4.10. The van der Waals surface area contributed by atoms with Gasteiger partial charge in [-0.2, -0.15) is 5.26 Å². The molecule has 2 aromatic heterocycles. The van der Waals surface area contributed by atoms with Gasteiger partial charge in [-0.3, -0.25) is 9.78 Å². The van der Waals surface area contributed by atoms with Gasteiger partial charge in [-0.1, -0.05) is 0 Å². The minimum atomic E-state index is -0.244. The number of rotatable bonds is 0. The summed E-state index contributed by atoms with van der Waals surface area (Å²) in [5.41, 5.74) is 1.30. The fraction of sp³-hybridized carbons (Fsp3) is 0.100. The number of aromatic amines is 1. The Bertz CT molecular complexity index is 592. The lowest BCUT2D eigenvalue weighted by atomic mass is 10.2. The topological polar surface area (TPSA) is 69.5 Å². The lowest BCUT2D eigenvalue weighted by Crippen LogP contribution is -2.07. The minimum absolute atomic E-state index is 0.128. The van der Waals surface area contributed by atoms with Gasteiger partial charge in [-0.05, 0) is 13.0 Å². The molecule has 0 fully saturated rings. The summed E-state index contributed by atoms with van der Waals surface area (Å²) < 4.78 is 0. The molecule has 2 rings (SSSR count). The van der Waals surface area contributed by atoms with E-state index in [4.69, 9.17) is 5.26 Å². The highest BCUT2D eigenvalue weighted by molar-refractivity contribution is 5.78. The zero-order valence-corrected chi connectivity index (χ0v) is 7.53. The summed E-state index contributed by atoms with van der Waals surface area (Å²) in [6.07, 6.45) is 2.99. The van der Waals surface area contributed by atoms with Crippen molar-refractivity contribution in [3.8, 4) is 6.07 Å². The summed E-state index contributed by atoms with van der Waals surface area (Å²) in [4.78, 5) is 18.5. The third-order valence-corrected chi connectivity index (χ3v) is 2.02. The van der Waals surface area contributed by atoms with Gasteiger partial charge in [0.25, 0.3) is 0 Å². The molecule has 2 heterocycles. The molecule has 0 radical (unpaired) electrons. The van der Waals surface area contributed by atoms with Crippen LogP contribution in [0.1, 0.15) is 11.3 Å². The van der Waals surface area contributed by atoms with E-state index in [1.807, 2.05) is 6.07 Å². The SMILES string of the molecule is Cc1cc2c(=O)c(C#N)c[nH]c2cn1. The van der Waals surface area contributed by atoms with Crippen LogP contribution in [0.2, 0.25) is 0 Å². The Hall–Kier alpha value is -2.15. The number of aromatic nitrogens is 2. The van der Waals surface area contributed by atoms with Crippen LogP contribution in [0.25, 0.3) is 10.9 Å². The highest BCUT2D eigenvalue weighted by Crippen LogP contribution is 2.07. The van der Waals surface area contributed by atoms with Crippen molar-refractivity contribution >= 4 is 10.9 Å². The van der Waals surface area contributed by atoms with Gasteiger partial charge < -0.3 is 4.98 Å². The second-order valence-electron chi connectivity index (χ2n) is 3.01. The molecule has 0 aliphatic carbocycles. The molecule has 0 aliphatic heterocycles. The van der Waals surface area contributed by atoms with Crippen molar-refractivity contribution in [3.05, 3.63) is 39.9 Å². The van der Waals surface area contributed by atoms with Crippen molar-refractivity contribution in [2.45, 2.75) is 6.92 Å². The molecule has 4 nitrogen and oxygen atoms in total. The Morgan fingerprint density at radius 2 is 2.36 bits per heavy atom. The van der Waals surface area contributed by atoms with E-state index in [1.54, 1.807) is 19.2 Å². The van der Waals surface area contributed by atoms with Gasteiger partial charge >= 0.3 is 0 Å². The van der Waals surface area contributed by atoms with E-state index in [1.165, 1.54) is 6.20 Å². The molecule has 2 aromatic rings. The maximum absolute atomic E-state index is 11.6. The number of hydrogen-bond acceptors (Lipinski definition) is 3. The molecule has 14 heavy (non-hydrogen) atoms. The molecule has 1 N–H and O–H groups in total. The monoisotopic (exact) mass is 185 g/mol. The van der Waals surface area contributed by atoms with Gasteiger partial charge in [0.15, 0.2) is 0 Å². The largest absolute Gasteiger partial charge is 0.358 e. The summed E-state index contributed by atoms with van der Waals surface area (Å²) in [5.74, 6) is 0. The number of hydrogen-bond donors (Lipinski definition) is 1. The van der Waals surface area contributed by atoms with Crippen molar-refractivity contribution in [2.75, 3.05) is 0 Å². The predicted molar refractivity (Wildman–Crippen MR) is 51.8 cm³/mol. The first kappa shape index (κ1) is 8.45. The van der Waals surface area contributed by atoms with Gasteiger partial charge in [-0.15, -0.1) is 0 Å².